The first-order valence-corrected chi connectivity index (χ1v) is 11.6. The fourth-order valence-corrected chi connectivity index (χ4v) is 4.26. The van der Waals surface area contributed by atoms with Crippen molar-refractivity contribution in [1.29, 1.82) is 0 Å². The second-order valence-corrected chi connectivity index (χ2v) is 9.32. The van der Waals surface area contributed by atoms with E-state index >= 15 is 0 Å². The summed E-state index contributed by atoms with van der Waals surface area (Å²) in [5.41, 5.74) is 1.25. The van der Waals surface area contributed by atoms with Crippen molar-refractivity contribution in [3.05, 3.63) is 64.9 Å². The van der Waals surface area contributed by atoms with Gasteiger partial charge < -0.3 is 10.1 Å². The van der Waals surface area contributed by atoms with Gasteiger partial charge in [0.05, 0.1) is 10.3 Å². The number of hydrogen-bond donors (Lipinski definition) is 1. The van der Waals surface area contributed by atoms with Crippen LogP contribution >= 0.6 is 23.4 Å². The third kappa shape index (κ3) is 5.31. The Kier molecular flexibility index (Phi) is 6.81. The predicted octanol–water partition coefficient (Wildman–Crippen LogP) is 5.17. The van der Waals surface area contributed by atoms with Crippen molar-refractivity contribution >= 4 is 40.7 Å². The highest BCUT2D eigenvalue weighted by molar-refractivity contribution is 8.00. The fourth-order valence-electron chi connectivity index (χ4n) is 3.13. The van der Waals surface area contributed by atoms with Crippen LogP contribution in [-0.4, -0.2) is 31.7 Å². The van der Waals surface area contributed by atoms with E-state index in [2.05, 4.69) is 20.1 Å². The fraction of sp³-hybridized carbons (Fsp3) is 0.304. The summed E-state index contributed by atoms with van der Waals surface area (Å²) in [6.45, 7) is 3.59. The Hall–Kier alpha value is -2.84. The summed E-state index contributed by atoms with van der Waals surface area (Å²) in [6, 6.07) is 14.5. The molecule has 1 fully saturated rings. The summed E-state index contributed by atoms with van der Waals surface area (Å²) < 4.78 is 7.91. The first-order valence-electron chi connectivity index (χ1n) is 10.3. The number of thioether (sulfide) groups is 1. The number of carbonyl (C=O) groups excluding carboxylic acids is 2. The lowest BCUT2D eigenvalue weighted by Gasteiger charge is -2.14. The Balaban J connectivity index is 1.41. The molecular formula is C23H23ClN4O3S. The standard InChI is InChI=1S/C23H23ClN4O3S/c1-14(29)16-7-9-17(10-8-16)25-22(30)15(2)32-23-27-26-21(28(23)18-11-12-18)13-31-20-6-4-3-5-19(20)24/h3-10,15,18H,11-13H2,1-2H3,(H,25,30). The molecule has 32 heavy (non-hydrogen) atoms. The number of halogens is 1. The van der Waals surface area contributed by atoms with Crippen LogP contribution < -0.4 is 10.1 Å². The van der Waals surface area contributed by atoms with Crippen molar-refractivity contribution in [3.8, 4) is 5.75 Å². The van der Waals surface area contributed by atoms with Gasteiger partial charge >= 0.3 is 0 Å². The van der Waals surface area contributed by atoms with Crippen molar-refractivity contribution in [3.63, 3.8) is 0 Å². The molecule has 1 amide bonds. The van der Waals surface area contributed by atoms with Gasteiger partial charge in [0.2, 0.25) is 5.91 Å². The number of rotatable bonds is 9. The third-order valence-corrected chi connectivity index (χ3v) is 6.42. The molecular weight excluding hydrogens is 448 g/mol. The number of ether oxygens (including phenoxy) is 1. The predicted molar refractivity (Wildman–Crippen MR) is 124 cm³/mol. The number of Topliss-reactive ketones (excluding diaryl/α,β-unsaturated/α-hetero) is 1. The Morgan fingerprint density at radius 2 is 1.91 bits per heavy atom. The van der Waals surface area contributed by atoms with Crippen molar-refractivity contribution in [2.24, 2.45) is 0 Å². The maximum absolute atomic E-state index is 12.7. The number of hydrogen-bond acceptors (Lipinski definition) is 6. The second kappa shape index (κ2) is 9.75. The maximum atomic E-state index is 12.7. The minimum atomic E-state index is -0.387. The summed E-state index contributed by atoms with van der Waals surface area (Å²) in [5.74, 6) is 1.14. The lowest BCUT2D eigenvalue weighted by Crippen LogP contribution is -2.23. The molecule has 0 radical (unpaired) electrons. The molecule has 1 heterocycles. The molecule has 1 aromatic heterocycles. The van der Waals surface area contributed by atoms with Gasteiger partial charge in [0.25, 0.3) is 0 Å². The molecule has 2 aromatic carbocycles. The number of carbonyl (C=O) groups is 2. The van der Waals surface area contributed by atoms with Crippen LogP contribution in [0.4, 0.5) is 5.69 Å². The summed E-state index contributed by atoms with van der Waals surface area (Å²) in [6.07, 6.45) is 2.10. The number of aromatic nitrogens is 3. The van der Waals surface area contributed by atoms with Gasteiger partial charge in [-0.2, -0.15) is 0 Å². The largest absolute Gasteiger partial charge is 0.484 e. The molecule has 0 saturated heterocycles. The Bertz CT molecular complexity index is 1130. The molecule has 1 atom stereocenters. The van der Waals surface area contributed by atoms with Crippen LogP contribution in [-0.2, 0) is 11.4 Å². The Labute approximate surface area is 195 Å². The number of nitrogens with one attached hydrogen (secondary N) is 1. The normalized spacial score (nSPS) is 14.1. The van der Waals surface area contributed by atoms with E-state index in [1.54, 1.807) is 30.3 Å². The number of anilines is 1. The zero-order valence-corrected chi connectivity index (χ0v) is 19.3. The van der Waals surface area contributed by atoms with Crippen LogP contribution in [0.2, 0.25) is 5.02 Å². The van der Waals surface area contributed by atoms with Gasteiger partial charge in [-0.25, -0.2) is 0 Å². The lowest BCUT2D eigenvalue weighted by molar-refractivity contribution is -0.115. The van der Waals surface area contributed by atoms with Crippen LogP contribution in [0.25, 0.3) is 0 Å². The minimum Gasteiger partial charge on any atom is -0.484 e. The molecule has 0 spiro atoms. The van der Waals surface area contributed by atoms with Gasteiger partial charge in [-0.3, -0.25) is 14.2 Å². The molecule has 1 saturated carbocycles. The lowest BCUT2D eigenvalue weighted by atomic mass is 10.1. The molecule has 9 heteroatoms. The molecule has 166 valence electrons. The number of amides is 1. The number of nitrogens with zero attached hydrogens (tertiary/aromatic N) is 3. The first-order chi connectivity index (χ1) is 15.4. The molecule has 1 N–H and O–H groups in total. The SMILES string of the molecule is CC(=O)c1ccc(NC(=O)C(C)Sc2nnc(COc3ccccc3Cl)n2C2CC2)cc1. The zero-order chi connectivity index (χ0) is 22.7. The molecule has 1 unspecified atom stereocenters. The highest BCUT2D eigenvalue weighted by atomic mass is 35.5. The van der Waals surface area contributed by atoms with Gasteiger partial charge in [0.1, 0.15) is 12.4 Å². The third-order valence-electron chi connectivity index (χ3n) is 5.05. The molecule has 0 bridgehead atoms. The van der Waals surface area contributed by atoms with E-state index in [0.29, 0.717) is 39.0 Å². The average Bonchev–Trinajstić information content (AvgIpc) is 3.54. The highest BCUT2D eigenvalue weighted by Gasteiger charge is 2.31. The molecule has 1 aliphatic carbocycles. The Morgan fingerprint density at radius 1 is 1.19 bits per heavy atom. The molecule has 3 aromatic rings. The van der Waals surface area contributed by atoms with Crippen molar-refractivity contribution in [2.75, 3.05) is 5.32 Å². The average molecular weight is 471 g/mol. The topological polar surface area (TPSA) is 86.1 Å². The number of para-hydroxylation sites is 1. The zero-order valence-electron chi connectivity index (χ0n) is 17.7. The van der Waals surface area contributed by atoms with Crippen molar-refractivity contribution in [2.45, 2.75) is 49.7 Å². The van der Waals surface area contributed by atoms with Crippen LogP contribution in [0.5, 0.6) is 5.75 Å². The van der Waals surface area contributed by atoms with E-state index in [0.717, 1.165) is 12.8 Å². The smallest absolute Gasteiger partial charge is 0.237 e. The van der Waals surface area contributed by atoms with Gasteiger partial charge in [0.15, 0.2) is 16.8 Å². The second-order valence-electron chi connectivity index (χ2n) is 7.60. The van der Waals surface area contributed by atoms with Gasteiger partial charge in [-0.1, -0.05) is 35.5 Å². The van der Waals surface area contributed by atoms with Crippen LogP contribution in [0, 0.1) is 0 Å². The van der Waals surface area contributed by atoms with Crippen LogP contribution in [0.3, 0.4) is 0 Å². The molecule has 1 aliphatic rings. The highest BCUT2D eigenvalue weighted by Crippen LogP contribution is 2.40. The van der Waals surface area contributed by atoms with E-state index in [9.17, 15) is 9.59 Å². The Morgan fingerprint density at radius 3 is 2.56 bits per heavy atom. The first kappa shape index (κ1) is 22.4. The summed E-state index contributed by atoms with van der Waals surface area (Å²) >= 11 is 7.53. The monoisotopic (exact) mass is 470 g/mol. The summed E-state index contributed by atoms with van der Waals surface area (Å²) in [5, 5.41) is 12.4. The molecule has 7 nitrogen and oxygen atoms in total. The maximum Gasteiger partial charge on any atom is 0.237 e. The van der Waals surface area contributed by atoms with Crippen LogP contribution in [0.1, 0.15) is 48.9 Å². The minimum absolute atomic E-state index is 0.0134. The summed E-state index contributed by atoms with van der Waals surface area (Å²) in [4.78, 5) is 24.1. The van der Waals surface area contributed by atoms with Gasteiger partial charge in [-0.05, 0) is 63.1 Å². The molecule has 0 aliphatic heterocycles. The quantitative estimate of drug-likeness (QED) is 0.343. The van der Waals surface area contributed by atoms with Gasteiger partial charge in [0, 0.05) is 17.3 Å². The number of benzene rings is 2. The van der Waals surface area contributed by atoms with Crippen LogP contribution in [0.15, 0.2) is 53.7 Å². The van der Waals surface area contributed by atoms with E-state index in [4.69, 9.17) is 16.3 Å². The van der Waals surface area contributed by atoms with E-state index in [-0.39, 0.29) is 23.5 Å². The van der Waals surface area contributed by atoms with Crippen molar-refractivity contribution < 1.29 is 14.3 Å². The van der Waals surface area contributed by atoms with E-state index in [1.165, 1.54) is 18.7 Å². The van der Waals surface area contributed by atoms with Crippen molar-refractivity contribution in [1.82, 2.24) is 14.8 Å². The number of ketones is 1. The van der Waals surface area contributed by atoms with Gasteiger partial charge in [-0.15, -0.1) is 10.2 Å². The molecule has 4 rings (SSSR count). The van der Waals surface area contributed by atoms with E-state index in [1.807, 2.05) is 25.1 Å². The van der Waals surface area contributed by atoms with E-state index < -0.39 is 0 Å². The summed E-state index contributed by atoms with van der Waals surface area (Å²) in [7, 11) is 0.